The maximum Gasteiger partial charge on any atom is 0.303 e. The topological polar surface area (TPSA) is 127 Å². The van der Waals surface area contributed by atoms with Gasteiger partial charge in [-0.3, -0.25) is 9.59 Å². The molecule has 13 heavy (non-hydrogen) atoms. The van der Waals surface area contributed by atoms with Gasteiger partial charge in [-0.2, -0.15) is 0 Å². The maximum atomic E-state index is 9.64. The third kappa shape index (κ3) is 24.8. The summed E-state index contributed by atoms with van der Waals surface area (Å²) in [5, 5.41) is 15.8. The van der Waals surface area contributed by atoms with Gasteiger partial charge in [-0.25, -0.2) is 0 Å². The lowest BCUT2D eigenvalue weighted by Gasteiger charge is -1.92. The standard InChI is InChI=1S/C4H6O4.C3H10N2/c5-3(6)1-2-4(7)8;1-3(5)2-4/h1-2H2,(H,5,6)(H,7,8);3H,2,4-5H2,1H3. The first-order valence-electron chi connectivity index (χ1n) is 3.79. The Hall–Kier alpha value is -1.14. The number of carboxylic acid groups (broad SMARTS) is 2. The van der Waals surface area contributed by atoms with E-state index in [1.807, 2.05) is 6.92 Å². The number of nitrogens with two attached hydrogens (primary N) is 2. The Morgan fingerprint density at radius 3 is 1.54 bits per heavy atom. The van der Waals surface area contributed by atoms with Crippen molar-refractivity contribution in [3.63, 3.8) is 0 Å². The van der Waals surface area contributed by atoms with Gasteiger partial charge in [0.2, 0.25) is 0 Å². The van der Waals surface area contributed by atoms with Crippen LogP contribution in [0, 0.1) is 0 Å². The molecule has 1 atom stereocenters. The van der Waals surface area contributed by atoms with Crippen LogP contribution in [0.3, 0.4) is 0 Å². The van der Waals surface area contributed by atoms with Crippen LogP contribution in [-0.2, 0) is 9.59 Å². The maximum absolute atomic E-state index is 9.64. The Morgan fingerprint density at radius 1 is 1.23 bits per heavy atom. The van der Waals surface area contributed by atoms with Crippen LogP contribution in [-0.4, -0.2) is 34.7 Å². The second-order valence-electron chi connectivity index (χ2n) is 2.50. The lowest BCUT2D eigenvalue weighted by atomic mass is 10.3. The molecule has 6 heteroatoms. The average molecular weight is 192 g/mol. The Balaban J connectivity index is 0. The van der Waals surface area contributed by atoms with E-state index >= 15 is 0 Å². The van der Waals surface area contributed by atoms with E-state index in [1.54, 1.807) is 0 Å². The number of carbonyl (C=O) groups is 2. The zero-order valence-electron chi connectivity index (χ0n) is 7.56. The molecule has 0 saturated heterocycles. The van der Waals surface area contributed by atoms with E-state index in [4.69, 9.17) is 21.7 Å². The monoisotopic (exact) mass is 192 g/mol. The first-order valence-corrected chi connectivity index (χ1v) is 3.79. The Labute approximate surface area is 76.5 Å². The highest BCUT2D eigenvalue weighted by atomic mass is 16.4. The molecule has 0 aliphatic heterocycles. The van der Waals surface area contributed by atoms with Gasteiger partial charge >= 0.3 is 11.9 Å². The minimum absolute atomic E-state index is 0.162. The fourth-order valence-electron chi connectivity index (χ4n) is 0.214. The summed E-state index contributed by atoms with van der Waals surface area (Å²) in [6.07, 6.45) is -0.593. The zero-order valence-corrected chi connectivity index (χ0v) is 7.56. The summed E-state index contributed by atoms with van der Waals surface area (Å²) in [5.74, 6) is -2.15. The van der Waals surface area contributed by atoms with Crippen LogP contribution in [0.1, 0.15) is 19.8 Å². The van der Waals surface area contributed by atoms with E-state index in [1.165, 1.54) is 0 Å². The molecule has 0 heterocycles. The highest BCUT2D eigenvalue weighted by Crippen LogP contribution is 1.86. The summed E-state index contributed by atoms with van der Waals surface area (Å²) >= 11 is 0. The van der Waals surface area contributed by atoms with Crippen molar-refractivity contribution in [2.45, 2.75) is 25.8 Å². The molecule has 0 aromatic heterocycles. The van der Waals surface area contributed by atoms with Gasteiger partial charge in [-0.05, 0) is 6.92 Å². The molecule has 0 aliphatic rings. The zero-order chi connectivity index (χ0) is 10.9. The Kier molecular flexibility index (Phi) is 9.91. The van der Waals surface area contributed by atoms with Gasteiger partial charge in [-0.1, -0.05) is 0 Å². The largest absolute Gasteiger partial charge is 0.481 e. The lowest BCUT2D eigenvalue weighted by molar-refractivity contribution is -0.143. The predicted octanol–water partition coefficient (Wildman–Crippen LogP) is -0.772. The molecule has 0 fully saturated rings. The third-order valence-electron chi connectivity index (χ3n) is 0.925. The summed E-state index contributed by atoms with van der Waals surface area (Å²) in [6, 6.07) is 0.162. The van der Waals surface area contributed by atoms with Gasteiger partial charge in [0.25, 0.3) is 0 Å². The van der Waals surface area contributed by atoms with Crippen LogP contribution in [0.4, 0.5) is 0 Å². The summed E-state index contributed by atoms with van der Waals surface area (Å²) in [4.78, 5) is 19.3. The van der Waals surface area contributed by atoms with E-state index in [2.05, 4.69) is 0 Å². The summed E-state index contributed by atoms with van der Waals surface area (Å²) in [5.41, 5.74) is 10.2. The molecular weight excluding hydrogens is 176 g/mol. The first kappa shape index (κ1) is 14.4. The predicted molar refractivity (Wildman–Crippen MR) is 47.2 cm³/mol. The summed E-state index contributed by atoms with van der Waals surface area (Å²) in [6.45, 7) is 2.46. The molecule has 0 aromatic rings. The molecule has 1 unspecified atom stereocenters. The molecule has 0 aliphatic carbocycles. The van der Waals surface area contributed by atoms with Crippen LogP contribution in [0.5, 0.6) is 0 Å². The molecule has 0 bridgehead atoms. The fraction of sp³-hybridized carbons (Fsp3) is 0.714. The number of hydrogen-bond acceptors (Lipinski definition) is 4. The summed E-state index contributed by atoms with van der Waals surface area (Å²) in [7, 11) is 0. The molecule has 0 rings (SSSR count). The molecule has 0 radical (unpaired) electrons. The second-order valence-corrected chi connectivity index (χ2v) is 2.50. The van der Waals surface area contributed by atoms with Crippen molar-refractivity contribution in [2.75, 3.05) is 6.54 Å². The second kappa shape index (κ2) is 8.95. The normalized spacial score (nSPS) is 11.0. The Morgan fingerprint density at radius 2 is 1.46 bits per heavy atom. The van der Waals surface area contributed by atoms with Gasteiger partial charge in [-0.15, -0.1) is 0 Å². The van der Waals surface area contributed by atoms with Crippen molar-refractivity contribution in [1.29, 1.82) is 0 Å². The average Bonchev–Trinajstić information content (AvgIpc) is 2.02. The van der Waals surface area contributed by atoms with Crippen molar-refractivity contribution >= 4 is 11.9 Å². The highest BCUT2D eigenvalue weighted by Gasteiger charge is 2.00. The van der Waals surface area contributed by atoms with Gasteiger partial charge < -0.3 is 21.7 Å². The van der Waals surface area contributed by atoms with E-state index in [-0.39, 0.29) is 18.9 Å². The molecule has 0 aromatic carbocycles. The number of hydrogen-bond donors (Lipinski definition) is 4. The van der Waals surface area contributed by atoms with Gasteiger partial charge in [0.15, 0.2) is 0 Å². The van der Waals surface area contributed by atoms with Crippen LogP contribution >= 0.6 is 0 Å². The number of rotatable bonds is 4. The minimum atomic E-state index is -1.08. The smallest absolute Gasteiger partial charge is 0.303 e. The first-order chi connectivity index (χ1) is 5.90. The third-order valence-corrected chi connectivity index (χ3v) is 0.925. The minimum Gasteiger partial charge on any atom is -0.481 e. The van der Waals surface area contributed by atoms with Gasteiger partial charge in [0, 0.05) is 12.6 Å². The summed E-state index contributed by atoms with van der Waals surface area (Å²) < 4.78 is 0. The Bertz CT molecular complexity index is 145. The van der Waals surface area contributed by atoms with E-state index in [9.17, 15) is 9.59 Å². The molecule has 6 nitrogen and oxygen atoms in total. The van der Waals surface area contributed by atoms with Crippen molar-refractivity contribution < 1.29 is 19.8 Å². The van der Waals surface area contributed by atoms with Crippen LogP contribution in [0.25, 0.3) is 0 Å². The number of carboxylic acids is 2. The van der Waals surface area contributed by atoms with Crippen LogP contribution in [0.2, 0.25) is 0 Å². The highest BCUT2D eigenvalue weighted by molar-refractivity contribution is 5.75. The van der Waals surface area contributed by atoms with Crippen molar-refractivity contribution in [3.05, 3.63) is 0 Å². The molecule has 6 N–H and O–H groups in total. The van der Waals surface area contributed by atoms with Crippen molar-refractivity contribution in [1.82, 2.24) is 0 Å². The molecule has 0 spiro atoms. The fourth-order valence-corrected chi connectivity index (χ4v) is 0.214. The van der Waals surface area contributed by atoms with E-state index in [0.29, 0.717) is 6.54 Å². The van der Waals surface area contributed by atoms with Gasteiger partial charge in [0.1, 0.15) is 0 Å². The molecule has 0 saturated carbocycles. The van der Waals surface area contributed by atoms with Crippen LogP contribution < -0.4 is 11.5 Å². The van der Waals surface area contributed by atoms with Gasteiger partial charge in [0.05, 0.1) is 12.8 Å². The lowest BCUT2D eigenvalue weighted by Crippen LogP contribution is -2.25. The SMILES string of the molecule is CC(N)CN.O=C(O)CCC(=O)O. The quantitative estimate of drug-likeness (QED) is 0.463. The molecule has 0 amide bonds. The van der Waals surface area contributed by atoms with Crippen LogP contribution in [0.15, 0.2) is 0 Å². The van der Waals surface area contributed by atoms with Crippen molar-refractivity contribution in [2.24, 2.45) is 11.5 Å². The molecule has 78 valence electrons. The van der Waals surface area contributed by atoms with Crippen molar-refractivity contribution in [3.8, 4) is 0 Å². The van der Waals surface area contributed by atoms with E-state index in [0.717, 1.165) is 0 Å². The number of aliphatic carboxylic acids is 2. The molecular formula is C7H16N2O4. The van der Waals surface area contributed by atoms with E-state index < -0.39 is 11.9 Å².